The number of aromatic carboxylic acids is 1. The molecule has 312 valence electrons. The standard InChI is InChI=1S/C24H23N3O3.C13H16N2O.C10H8N2O3/c1-16-26-22(27-30-16)19-11-7-10-18(14-19)20(28)12-13-24(2,3)23-25-15-21(29-23)17-8-5-4-6-9-17;1-13(2,9-14)12-15-8-11(16-12)10-6-4-3-5-7-10;1-6-11-9(12-15-6)7-3-2-4-8(5-7)10(13)14/h4-11,14-15H,12-13H2,1-3H3;3-8H,9,14H2,1-2H3;2-5H,1H3,(H,13,14). The fourth-order valence-corrected chi connectivity index (χ4v) is 5.87. The number of ketones is 1. The lowest BCUT2D eigenvalue weighted by Crippen LogP contribution is -2.28. The van der Waals surface area contributed by atoms with Crippen molar-refractivity contribution in [1.82, 2.24) is 30.2 Å². The summed E-state index contributed by atoms with van der Waals surface area (Å²) in [5.41, 5.74) is 9.34. The third kappa shape index (κ3) is 11.2. The molecule has 14 nitrogen and oxygen atoms in total. The van der Waals surface area contributed by atoms with Crippen molar-refractivity contribution in [2.24, 2.45) is 5.73 Å². The van der Waals surface area contributed by atoms with Gasteiger partial charge in [0.2, 0.25) is 35.2 Å². The molecular formula is C47H47N7O7. The van der Waals surface area contributed by atoms with E-state index in [0.29, 0.717) is 65.7 Å². The van der Waals surface area contributed by atoms with Gasteiger partial charge in [0, 0.05) is 60.0 Å². The van der Waals surface area contributed by atoms with Gasteiger partial charge in [-0.2, -0.15) is 9.97 Å². The van der Waals surface area contributed by atoms with E-state index in [9.17, 15) is 9.59 Å². The molecule has 0 unspecified atom stereocenters. The molecule has 0 aliphatic carbocycles. The van der Waals surface area contributed by atoms with Gasteiger partial charge in [0.1, 0.15) is 0 Å². The van der Waals surface area contributed by atoms with Crippen LogP contribution in [0.2, 0.25) is 0 Å². The number of hydrogen-bond acceptors (Lipinski definition) is 13. The molecule has 4 aromatic carbocycles. The first kappa shape index (κ1) is 43.3. The van der Waals surface area contributed by atoms with Gasteiger partial charge >= 0.3 is 5.97 Å². The zero-order chi connectivity index (χ0) is 43.6. The Hall–Kier alpha value is -7.32. The molecular weight excluding hydrogens is 775 g/mol. The van der Waals surface area contributed by atoms with Crippen LogP contribution in [0.15, 0.2) is 139 Å². The highest BCUT2D eigenvalue weighted by atomic mass is 16.5. The third-order valence-electron chi connectivity index (χ3n) is 9.64. The predicted molar refractivity (Wildman–Crippen MR) is 228 cm³/mol. The number of benzene rings is 4. The molecule has 4 heterocycles. The van der Waals surface area contributed by atoms with Crippen LogP contribution in [-0.4, -0.2) is 53.7 Å². The quantitative estimate of drug-likeness (QED) is 0.110. The first-order valence-electron chi connectivity index (χ1n) is 19.5. The smallest absolute Gasteiger partial charge is 0.335 e. The van der Waals surface area contributed by atoms with Crippen LogP contribution in [0.1, 0.15) is 84.8 Å². The molecule has 0 fully saturated rings. The maximum Gasteiger partial charge on any atom is 0.335 e. The monoisotopic (exact) mass is 821 g/mol. The molecule has 0 atom stereocenters. The number of Topliss-reactive ketones (excluding diaryl/α,β-unsaturated/α-hetero) is 1. The highest BCUT2D eigenvalue weighted by Gasteiger charge is 2.28. The Bertz CT molecular complexity index is 2680. The number of nitrogens with zero attached hydrogens (tertiary/aromatic N) is 6. The molecule has 0 aliphatic heterocycles. The van der Waals surface area contributed by atoms with E-state index in [1.165, 1.54) is 12.1 Å². The summed E-state index contributed by atoms with van der Waals surface area (Å²) < 4.78 is 21.6. The van der Waals surface area contributed by atoms with E-state index >= 15 is 0 Å². The second kappa shape index (κ2) is 19.2. The molecule has 3 N–H and O–H groups in total. The van der Waals surface area contributed by atoms with E-state index < -0.39 is 5.97 Å². The molecule has 0 saturated carbocycles. The predicted octanol–water partition coefficient (Wildman–Crippen LogP) is 9.96. The summed E-state index contributed by atoms with van der Waals surface area (Å²) in [4.78, 5) is 40.5. The van der Waals surface area contributed by atoms with E-state index in [0.717, 1.165) is 28.2 Å². The Morgan fingerprint density at radius 2 is 1.05 bits per heavy atom. The van der Waals surface area contributed by atoms with Gasteiger partial charge < -0.3 is 28.7 Å². The summed E-state index contributed by atoms with van der Waals surface area (Å²) in [6.07, 6.45) is 4.49. The van der Waals surface area contributed by atoms with Crippen LogP contribution < -0.4 is 5.73 Å². The van der Waals surface area contributed by atoms with Crippen molar-refractivity contribution in [2.45, 2.75) is 65.2 Å². The Morgan fingerprint density at radius 1 is 0.607 bits per heavy atom. The zero-order valence-corrected chi connectivity index (χ0v) is 34.8. The minimum atomic E-state index is -0.975. The number of carbonyl (C=O) groups is 2. The first-order chi connectivity index (χ1) is 29.2. The Balaban J connectivity index is 0.000000169. The normalized spacial score (nSPS) is 11.3. The number of aryl methyl sites for hydroxylation is 2. The summed E-state index contributed by atoms with van der Waals surface area (Å²) >= 11 is 0. The molecule has 0 spiro atoms. The maximum atomic E-state index is 12.8. The van der Waals surface area contributed by atoms with Gasteiger partial charge in [-0.25, -0.2) is 14.8 Å². The number of carbonyl (C=O) groups excluding carboxylic acids is 1. The highest BCUT2D eigenvalue weighted by Crippen LogP contribution is 2.32. The van der Waals surface area contributed by atoms with E-state index in [4.69, 9.17) is 28.7 Å². The van der Waals surface area contributed by atoms with Crippen LogP contribution in [0, 0.1) is 13.8 Å². The van der Waals surface area contributed by atoms with Crippen LogP contribution in [0.4, 0.5) is 0 Å². The number of hydrogen-bond donors (Lipinski definition) is 2. The number of nitrogens with two attached hydrogens (primary N) is 1. The molecule has 0 radical (unpaired) electrons. The third-order valence-corrected chi connectivity index (χ3v) is 9.64. The van der Waals surface area contributed by atoms with Crippen LogP contribution >= 0.6 is 0 Å². The molecule has 61 heavy (non-hydrogen) atoms. The molecule has 0 amide bonds. The largest absolute Gasteiger partial charge is 0.478 e. The van der Waals surface area contributed by atoms with Crippen LogP contribution in [0.25, 0.3) is 45.4 Å². The summed E-state index contributed by atoms with van der Waals surface area (Å²) in [5.74, 6) is 3.74. The van der Waals surface area contributed by atoms with E-state index in [1.807, 2.05) is 107 Å². The van der Waals surface area contributed by atoms with Crippen molar-refractivity contribution >= 4 is 11.8 Å². The minimum Gasteiger partial charge on any atom is -0.478 e. The first-order valence-corrected chi connectivity index (χ1v) is 19.5. The van der Waals surface area contributed by atoms with Crippen molar-refractivity contribution in [1.29, 1.82) is 0 Å². The molecule has 8 aromatic rings. The Morgan fingerprint density at radius 3 is 1.49 bits per heavy atom. The lowest BCUT2D eigenvalue weighted by Gasteiger charge is -2.20. The zero-order valence-electron chi connectivity index (χ0n) is 34.8. The molecule has 0 aliphatic rings. The summed E-state index contributed by atoms with van der Waals surface area (Å²) in [7, 11) is 0. The second-order valence-corrected chi connectivity index (χ2v) is 15.4. The number of aromatic nitrogens is 6. The molecule has 14 heteroatoms. The van der Waals surface area contributed by atoms with Gasteiger partial charge in [-0.15, -0.1) is 0 Å². The Labute approximate surface area is 352 Å². The average Bonchev–Trinajstić information content (AvgIpc) is 4.13. The minimum absolute atomic E-state index is 0.0555. The summed E-state index contributed by atoms with van der Waals surface area (Å²) in [6.45, 7) is 12.1. The average molecular weight is 822 g/mol. The molecule has 8 rings (SSSR count). The van der Waals surface area contributed by atoms with Crippen molar-refractivity contribution in [2.75, 3.05) is 6.54 Å². The van der Waals surface area contributed by atoms with Crippen molar-refractivity contribution in [3.8, 4) is 45.4 Å². The Kier molecular flexibility index (Phi) is 13.6. The van der Waals surface area contributed by atoms with Crippen LogP contribution in [0.3, 0.4) is 0 Å². The van der Waals surface area contributed by atoms with Gasteiger partial charge in [-0.3, -0.25) is 4.79 Å². The number of carboxylic acid groups (broad SMARTS) is 1. The van der Waals surface area contributed by atoms with Crippen LogP contribution in [0.5, 0.6) is 0 Å². The summed E-state index contributed by atoms with van der Waals surface area (Å²) in [5, 5.41) is 16.4. The fraction of sp³-hybridized carbons (Fsp3) is 0.234. The molecule has 4 aromatic heterocycles. The number of carboxylic acids is 1. The summed E-state index contributed by atoms with van der Waals surface area (Å²) in [6, 6.07) is 33.5. The van der Waals surface area contributed by atoms with Crippen molar-refractivity contribution in [3.63, 3.8) is 0 Å². The lowest BCUT2D eigenvalue weighted by molar-refractivity contribution is 0.0696. The topological polar surface area (TPSA) is 210 Å². The van der Waals surface area contributed by atoms with Gasteiger partial charge in [-0.05, 0) is 38.5 Å². The number of rotatable bonds is 12. The fourth-order valence-electron chi connectivity index (χ4n) is 5.87. The van der Waals surface area contributed by atoms with Crippen molar-refractivity contribution in [3.05, 3.63) is 156 Å². The maximum absolute atomic E-state index is 12.8. The van der Waals surface area contributed by atoms with Gasteiger partial charge in [0.25, 0.3) is 0 Å². The van der Waals surface area contributed by atoms with Crippen molar-refractivity contribution < 1.29 is 32.6 Å². The van der Waals surface area contributed by atoms with Gasteiger partial charge in [0.15, 0.2) is 17.3 Å². The van der Waals surface area contributed by atoms with E-state index in [-0.39, 0.29) is 22.2 Å². The van der Waals surface area contributed by atoms with Gasteiger partial charge in [-0.1, -0.05) is 115 Å². The lowest BCUT2D eigenvalue weighted by atomic mass is 9.86. The highest BCUT2D eigenvalue weighted by molar-refractivity contribution is 5.97. The van der Waals surface area contributed by atoms with E-state index in [2.05, 4.69) is 30.2 Å². The SMILES string of the molecule is CC(C)(CN)c1ncc(-c2ccccc2)o1.Cc1nc(-c2cccc(C(=O)CCC(C)(C)c3ncc(-c4ccccc4)o3)c2)no1.Cc1nc(-c2cccc(C(=O)O)c2)no1. The van der Waals surface area contributed by atoms with Crippen LogP contribution in [-0.2, 0) is 10.8 Å². The van der Waals surface area contributed by atoms with E-state index in [1.54, 1.807) is 44.4 Å². The molecule has 0 saturated heterocycles. The van der Waals surface area contributed by atoms with Gasteiger partial charge in [0.05, 0.1) is 23.4 Å². The number of oxazole rings is 2. The second-order valence-electron chi connectivity index (χ2n) is 15.4. The molecule has 0 bridgehead atoms.